The molecule has 1 fully saturated rings. The quantitative estimate of drug-likeness (QED) is 0.891. The molecule has 0 saturated heterocycles. The lowest BCUT2D eigenvalue weighted by Crippen LogP contribution is -2.15. The van der Waals surface area contributed by atoms with Gasteiger partial charge in [0, 0.05) is 11.5 Å². The van der Waals surface area contributed by atoms with Crippen LogP contribution in [0.5, 0.6) is 0 Å². The second kappa shape index (κ2) is 4.22. The number of amides is 1. The van der Waals surface area contributed by atoms with Gasteiger partial charge in [0.05, 0.1) is 5.69 Å². The number of aromatic nitrogens is 2. The van der Waals surface area contributed by atoms with E-state index in [0.717, 1.165) is 29.9 Å². The van der Waals surface area contributed by atoms with Gasteiger partial charge in [-0.25, -0.2) is 9.97 Å². The highest BCUT2D eigenvalue weighted by Crippen LogP contribution is 2.38. The van der Waals surface area contributed by atoms with Gasteiger partial charge in [0.15, 0.2) is 0 Å². The number of carbonyl (C=O) groups excluding carboxylic acids is 1. The third-order valence-electron chi connectivity index (χ3n) is 3.01. The molecule has 1 amide bonds. The summed E-state index contributed by atoms with van der Waals surface area (Å²) < 4.78 is 0. The molecule has 0 spiro atoms. The SMILES string of the molecule is NC(=O)c1cc(-c2ccccc2)nc(C2CC2)n1. The second-order valence-electron chi connectivity index (χ2n) is 4.50. The van der Waals surface area contributed by atoms with Crippen LogP contribution in [0.25, 0.3) is 11.3 Å². The van der Waals surface area contributed by atoms with Gasteiger partial charge < -0.3 is 5.73 Å². The summed E-state index contributed by atoms with van der Waals surface area (Å²) in [6, 6.07) is 11.4. The Morgan fingerprint density at radius 2 is 1.89 bits per heavy atom. The van der Waals surface area contributed by atoms with Crippen molar-refractivity contribution in [1.29, 1.82) is 0 Å². The van der Waals surface area contributed by atoms with Crippen LogP contribution < -0.4 is 5.73 Å². The highest BCUT2D eigenvalue weighted by atomic mass is 16.1. The average molecular weight is 239 g/mol. The minimum Gasteiger partial charge on any atom is -0.364 e. The monoisotopic (exact) mass is 239 g/mol. The molecule has 0 radical (unpaired) electrons. The number of nitrogens with two attached hydrogens (primary N) is 1. The Hall–Kier alpha value is -2.23. The van der Waals surface area contributed by atoms with Crippen molar-refractivity contribution >= 4 is 5.91 Å². The minimum absolute atomic E-state index is 0.297. The van der Waals surface area contributed by atoms with Gasteiger partial charge in [-0.15, -0.1) is 0 Å². The predicted molar refractivity (Wildman–Crippen MR) is 68.0 cm³/mol. The van der Waals surface area contributed by atoms with Gasteiger partial charge in [0.25, 0.3) is 5.91 Å². The predicted octanol–water partition coefficient (Wildman–Crippen LogP) is 2.12. The average Bonchev–Trinajstić information content (AvgIpc) is 3.23. The van der Waals surface area contributed by atoms with Crippen molar-refractivity contribution in [3.63, 3.8) is 0 Å². The van der Waals surface area contributed by atoms with E-state index in [1.807, 2.05) is 30.3 Å². The number of benzene rings is 1. The Balaban J connectivity index is 2.11. The molecule has 1 heterocycles. The third-order valence-corrected chi connectivity index (χ3v) is 3.01. The van der Waals surface area contributed by atoms with E-state index in [9.17, 15) is 4.79 Å². The molecule has 1 aromatic heterocycles. The highest BCUT2D eigenvalue weighted by Gasteiger charge is 2.27. The van der Waals surface area contributed by atoms with E-state index in [2.05, 4.69) is 9.97 Å². The summed E-state index contributed by atoms with van der Waals surface area (Å²) in [5.74, 6) is 0.633. The van der Waals surface area contributed by atoms with Crippen molar-refractivity contribution < 1.29 is 4.79 Å². The zero-order chi connectivity index (χ0) is 12.5. The molecule has 1 aliphatic rings. The smallest absolute Gasteiger partial charge is 0.267 e. The molecule has 18 heavy (non-hydrogen) atoms. The Bertz CT molecular complexity index is 591. The summed E-state index contributed by atoms with van der Waals surface area (Å²) in [7, 11) is 0. The van der Waals surface area contributed by atoms with Crippen LogP contribution in [0.3, 0.4) is 0 Å². The number of hydrogen-bond donors (Lipinski definition) is 1. The van der Waals surface area contributed by atoms with E-state index < -0.39 is 5.91 Å². The first-order valence-corrected chi connectivity index (χ1v) is 5.98. The fourth-order valence-electron chi connectivity index (χ4n) is 1.87. The molecule has 0 bridgehead atoms. The van der Waals surface area contributed by atoms with E-state index in [1.54, 1.807) is 6.07 Å². The zero-order valence-corrected chi connectivity index (χ0v) is 9.84. The Kier molecular flexibility index (Phi) is 2.55. The molecule has 1 saturated carbocycles. The van der Waals surface area contributed by atoms with E-state index >= 15 is 0 Å². The molecule has 0 unspecified atom stereocenters. The lowest BCUT2D eigenvalue weighted by atomic mass is 10.1. The summed E-state index contributed by atoms with van der Waals surface area (Å²) in [5.41, 5.74) is 7.36. The molecule has 1 aliphatic carbocycles. The van der Waals surface area contributed by atoms with E-state index in [1.165, 1.54) is 0 Å². The van der Waals surface area contributed by atoms with Crippen molar-refractivity contribution in [3.05, 3.63) is 47.9 Å². The topological polar surface area (TPSA) is 68.9 Å². The lowest BCUT2D eigenvalue weighted by Gasteiger charge is -2.05. The first-order chi connectivity index (χ1) is 8.74. The first-order valence-electron chi connectivity index (χ1n) is 5.98. The molecule has 4 heteroatoms. The molecule has 4 nitrogen and oxygen atoms in total. The number of nitrogens with zero attached hydrogens (tertiary/aromatic N) is 2. The van der Waals surface area contributed by atoms with Gasteiger partial charge in [0.2, 0.25) is 0 Å². The molecule has 2 aromatic rings. The van der Waals surface area contributed by atoms with E-state index in [-0.39, 0.29) is 0 Å². The molecule has 0 aliphatic heterocycles. The van der Waals surface area contributed by atoms with Gasteiger partial charge in [0.1, 0.15) is 11.5 Å². The van der Waals surface area contributed by atoms with Crippen LogP contribution in [0.2, 0.25) is 0 Å². The van der Waals surface area contributed by atoms with Crippen molar-refractivity contribution in [1.82, 2.24) is 9.97 Å². The van der Waals surface area contributed by atoms with Gasteiger partial charge in [-0.05, 0) is 18.9 Å². The second-order valence-corrected chi connectivity index (χ2v) is 4.50. The van der Waals surface area contributed by atoms with Gasteiger partial charge in [-0.3, -0.25) is 4.79 Å². The number of carbonyl (C=O) groups is 1. The van der Waals surface area contributed by atoms with Gasteiger partial charge in [-0.2, -0.15) is 0 Å². The maximum atomic E-state index is 11.3. The van der Waals surface area contributed by atoms with Crippen LogP contribution in [0, 0.1) is 0 Å². The van der Waals surface area contributed by atoms with Crippen molar-refractivity contribution in [2.75, 3.05) is 0 Å². The zero-order valence-electron chi connectivity index (χ0n) is 9.84. The van der Waals surface area contributed by atoms with Gasteiger partial charge >= 0.3 is 0 Å². The fourth-order valence-corrected chi connectivity index (χ4v) is 1.87. The number of primary amides is 1. The summed E-state index contributed by atoms with van der Waals surface area (Å²) in [4.78, 5) is 20.1. The third kappa shape index (κ3) is 2.09. The molecule has 0 atom stereocenters. The summed E-state index contributed by atoms with van der Waals surface area (Å²) in [6.45, 7) is 0. The van der Waals surface area contributed by atoms with Crippen LogP contribution in [-0.4, -0.2) is 15.9 Å². The van der Waals surface area contributed by atoms with E-state index in [4.69, 9.17) is 5.73 Å². The normalized spacial score (nSPS) is 14.4. The highest BCUT2D eigenvalue weighted by molar-refractivity contribution is 5.91. The van der Waals surface area contributed by atoms with E-state index in [0.29, 0.717) is 11.6 Å². The van der Waals surface area contributed by atoms with Crippen molar-refractivity contribution in [2.24, 2.45) is 5.73 Å². The Morgan fingerprint density at radius 1 is 1.17 bits per heavy atom. The van der Waals surface area contributed by atoms with Crippen LogP contribution in [0.4, 0.5) is 0 Å². The minimum atomic E-state index is -0.503. The number of rotatable bonds is 3. The molecular formula is C14H13N3O. The Labute approximate surface area is 105 Å². The summed E-state index contributed by atoms with van der Waals surface area (Å²) in [5, 5.41) is 0. The number of hydrogen-bond acceptors (Lipinski definition) is 3. The summed E-state index contributed by atoms with van der Waals surface area (Å²) >= 11 is 0. The molecule has 90 valence electrons. The van der Waals surface area contributed by atoms with Crippen LogP contribution in [0.15, 0.2) is 36.4 Å². The first kappa shape index (κ1) is 10.9. The maximum Gasteiger partial charge on any atom is 0.267 e. The van der Waals surface area contributed by atoms with Crippen LogP contribution in [-0.2, 0) is 0 Å². The molecule has 3 rings (SSSR count). The lowest BCUT2D eigenvalue weighted by molar-refractivity contribution is 0.0995. The maximum absolute atomic E-state index is 11.3. The van der Waals surface area contributed by atoms with Crippen LogP contribution in [0.1, 0.15) is 35.1 Å². The molecule has 1 aromatic carbocycles. The largest absolute Gasteiger partial charge is 0.364 e. The van der Waals surface area contributed by atoms with Crippen molar-refractivity contribution in [3.8, 4) is 11.3 Å². The fraction of sp³-hybridized carbons (Fsp3) is 0.214. The van der Waals surface area contributed by atoms with Crippen LogP contribution >= 0.6 is 0 Å². The standard InChI is InChI=1S/C14H13N3O/c15-13(18)12-8-11(9-4-2-1-3-5-9)16-14(17-12)10-6-7-10/h1-5,8,10H,6-7H2,(H2,15,18). The summed E-state index contributed by atoms with van der Waals surface area (Å²) in [6.07, 6.45) is 2.19. The molecular weight excluding hydrogens is 226 g/mol. The van der Waals surface area contributed by atoms with Crippen molar-refractivity contribution in [2.45, 2.75) is 18.8 Å². The van der Waals surface area contributed by atoms with Gasteiger partial charge in [-0.1, -0.05) is 30.3 Å². The molecule has 2 N–H and O–H groups in total. The Morgan fingerprint density at radius 3 is 2.50 bits per heavy atom.